The molecular formula is C17H15F9FeO6S3. The van der Waals surface area contributed by atoms with E-state index in [4.69, 9.17) is 0 Å². The third-order valence-corrected chi connectivity index (χ3v) is 10.7. The molecule has 0 unspecified atom stereocenters. The van der Waals surface area contributed by atoms with Crippen LogP contribution in [-0.2, 0) is 46.6 Å². The monoisotopic (exact) mass is 638 g/mol. The van der Waals surface area contributed by atoms with Crippen LogP contribution in [-0.4, -0.2) is 41.8 Å². The van der Waals surface area contributed by atoms with E-state index >= 15 is 0 Å². The molecule has 0 saturated heterocycles. The number of halogens is 9. The van der Waals surface area contributed by atoms with Gasteiger partial charge in [-0.1, -0.05) is 24.3 Å². The van der Waals surface area contributed by atoms with Gasteiger partial charge in [0.15, 0.2) is 29.5 Å². The van der Waals surface area contributed by atoms with Gasteiger partial charge in [-0.3, -0.25) is 31.3 Å². The number of hydrogen-bond acceptors (Lipinski definition) is 6. The van der Waals surface area contributed by atoms with Crippen molar-refractivity contribution in [2.45, 2.75) is 36.8 Å². The SMILES string of the molecule is Cc1ccccc1C.O=S(=O)([C-](S(=O)(=O)C(F)(F)F)S(=O)(=O)C(F)(F)F)C(F)(F)F.[C-]1=CC=CC1.[Fe+2]. The average molecular weight is 638 g/mol. The van der Waals surface area contributed by atoms with Crippen LogP contribution in [0.5, 0.6) is 0 Å². The standard InChI is InChI=1S/C8H10.C5H5.C4F9O6S3.Fe/c1-7-5-3-4-6-8(7)2;1-2-4-5-3-1;5-2(6,7)20(14,15)1(21(16,17)3(8,9)10)22(18,19)4(11,12)13;/h3-6H,1-2H3;1-3H,4H2;;/q;2*-1;+2. The maximum atomic E-state index is 12.0. The van der Waals surface area contributed by atoms with Gasteiger partial charge in [0.25, 0.3) is 0 Å². The Morgan fingerprint density at radius 1 is 0.694 bits per heavy atom. The molecule has 2 rings (SSSR count). The molecule has 0 saturated carbocycles. The fourth-order valence-corrected chi connectivity index (χ4v) is 7.45. The molecular weight excluding hydrogens is 623 g/mol. The van der Waals surface area contributed by atoms with Gasteiger partial charge in [0.1, 0.15) is 0 Å². The number of aryl methyl sites for hydroxylation is 2. The maximum Gasteiger partial charge on any atom is 2.00 e. The summed E-state index contributed by atoms with van der Waals surface area (Å²) in [6.07, 6.45) is 10.0. The second-order valence-corrected chi connectivity index (χ2v) is 12.6. The van der Waals surface area contributed by atoms with Crippen LogP contribution >= 0.6 is 0 Å². The van der Waals surface area contributed by atoms with Crippen LogP contribution in [0, 0.1) is 23.8 Å². The summed E-state index contributed by atoms with van der Waals surface area (Å²) >= 11 is 0. The molecule has 0 radical (unpaired) electrons. The van der Waals surface area contributed by atoms with Gasteiger partial charge < -0.3 is 0 Å². The summed E-state index contributed by atoms with van der Waals surface area (Å²) in [7, 11) is -24.1. The summed E-state index contributed by atoms with van der Waals surface area (Å²) in [5, 5.41) is 0. The molecule has 1 aromatic rings. The molecule has 36 heavy (non-hydrogen) atoms. The molecule has 0 amide bonds. The van der Waals surface area contributed by atoms with E-state index in [1.807, 2.05) is 12.2 Å². The van der Waals surface area contributed by atoms with E-state index in [-0.39, 0.29) is 17.1 Å². The molecule has 0 heterocycles. The van der Waals surface area contributed by atoms with Crippen molar-refractivity contribution in [3.8, 4) is 0 Å². The normalized spacial score (nSPS) is 14.3. The van der Waals surface area contributed by atoms with E-state index in [9.17, 15) is 64.8 Å². The van der Waals surface area contributed by atoms with E-state index in [0.29, 0.717) is 0 Å². The van der Waals surface area contributed by atoms with Crippen molar-refractivity contribution in [2.75, 3.05) is 0 Å². The number of alkyl halides is 9. The van der Waals surface area contributed by atoms with Crippen LogP contribution in [0.25, 0.3) is 0 Å². The van der Waals surface area contributed by atoms with E-state index in [0.717, 1.165) is 6.42 Å². The van der Waals surface area contributed by atoms with E-state index in [2.05, 4.69) is 50.3 Å². The van der Waals surface area contributed by atoms with Crippen LogP contribution in [0.4, 0.5) is 39.5 Å². The predicted molar refractivity (Wildman–Crippen MR) is 106 cm³/mol. The minimum absolute atomic E-state index is 0. The van der Waals surface area contributed by atoms with Crippen LogP contribution < -0.4 is 0 Å². The number of benzene rings is 1. The third-order valence-electron chi connectivity index (χ3n) is 3.58. The van der Waals surface area contributed by atoms with Crippen LogP contribution in [0.1, 0.15) is 17.5 Å². The number of allylic oxidation sites excluding steroid dienone is 4. The minimum atomic E-state index is -8.02. The fourth-order valence-electron chi connectivity index (χ4n) is 1.72. The van der Waals surface area contributed by atoms with Gasteiger partial charge in [-0.05, 0) is 25.0 Å². The predicted octanol–water partition coefficient (Wildman–Crippen LogP) is 4.84. The molecule has 6 nitrogen and oxygen atoms in total. The summed E-state index contributed by atoms with van der Waals surface area (Å²) in [5.41, 5.74) is -18.4. The molecule has 1 aliphatic carbocycles. The maximum absolute atomic E-state index is 12.0. The average Bonchev–Trinajstić information content (AvgIpc) is 3.21. The fraction of sp³-hybridized carbons (Fsp3) is 0.353. The summed E-state index contributed by atoms with van der Waals surface area (Å²) in [5.74, 6) is 0. The summed E-state index contributed by atoms with van der Waals surface area (Å²) in [6.45, 7) is 4.24. The Hall–Kier alpha value is -1.56. The molecule has 19 heteroatoms. The number of sulfone groups is 3. The Labute approximate surface area is 211 Å². The Kier molecular flexibility index (Phi) is 13.0. The van der Waals surface area contributed by atoms with Crippen molar-refractivity contribution >= 4 is 29.5 Å². The third kappa shape index (κ3) is 9.08. The van der Waals surface area contributed by atoms with Crippen molar-refractivity contribution < 1.29 is 81.8 Å². The molecule has 1 aliphatic rings. The van der Waals surface area contributed by atoms with E-state index < -0.39 is 50.0 Å². The molecule has 0 aromatic heterocycles. The van der Waals surface area contributed by atoms with Crippen molar-refractivity contribution in [2.24, 2.45) is 0 Å². The van der Waals surface area contributed by atoms with Crippen LogP contribution in [0.15, 0.2) is 42.5 Å². The first kappa shape index (κ1) is 36.6. The Balaban J connectivity index is 0. The van der Waals surface area contributed by atoms with Crippen LogP contribution in [0.2, 0.25) is 0 Å². The quantitative estimate of drug-likeness (QED) is 0.267. The second-order valence-electron chi connectivity index (χ2n) is 6.18. The smallest absolute Gasteiger partial charge is 0.273 e. The molecule has 1 aromatic carbocycles. The summed E-state index contributed by atoms with van der Waals surface area (Å²) in [4.78, 5) is 0. The first-order valence-electron chi connectivity index (χ1n) is 8.47. The number of hydrogen-bond donors (Lipinski definition) is 0. The molecule has 208 valence electrons. The largest absolute Gasteiger partial charge is 2.00 e. The second kappa shape index (κ2) is 12.8. The molecule has 0 spiro atoms. The Bertz CT molecular complexity index is 1110. The zero-order valence-corrected chi connectivity index (χ0v) is 21.2. The molecule has 0 N–H and O–H groups in total. The van der Waals surface area contributed by atoms with Gasteiger partial charge in [0.2, 0.25) is 0 Å². The Morgan fingerprint density at radius 2 is 1.00 bits per heavy atom. The van der Waals surface area contributed by atoms with Crippen molar-refractivity contribution in [1.29, 1.82) is 0 Å². The molecule has 0 atom stereocenters. The molecule has 0 fully saturated rings. The topological polar surface area (TPSA) is 102 Å². The zero-order chi connectivity index (χ0) is 28.1. The first-order chi connectivity index (χ1) is 15.4. The first-order valence-corrected chi connectivity index (χ1v) is 12.9. The summed E-state index contributed by atoms with van der Waals surface area (Å²) in [6, 6.07) is 8.36. The van der Waals surface area contributed by atoms with Gasteiger partial charge in [-0.25, -0.2) is 12.2 Å². The molecule has 0 aliphatic heterocycles. The van der Waals surface area contributed by atoms with Gasteiger partial charge >= 0.3 is 33.6 Å². The zero-order valence-electron chi connectivity index (χ0n) is 17.7. The van der Waals surface area contributed by atoms with Gasteiger partial charge in [-0.2, -0.15) is 45.6 Å². The van der Waals surface area contributed by atoms with Gasteiger partial charge in [0, 0.05) is 0 Å². The van der Waals surface area contributed by atoms with Crippen molar-refractivity contribution in [3.05, 3.63) is 63.6 Å². The summed E-state index contributed by atoms with van der Waals surface area (Å²) < 4.78 is 167. The van der Waals surface area contributed by atoms with E-state index in [1.165, 1.54) is 11.1 Å². The Morgan fingerprint density at radius 3 is 1.14 bits per heavy atom. The number of rotatable bonds is 3. The van der Waals surface area contributed by atoms with Crippen molar-refractivity contribution in [3.63, 3.8) is 0 Å². The van der Waals surface area contributed by atoms with Crippen LogP contribution in [0.3, 0.4) is 0 Å². The van der Waals surface area contributed by atoms with E-state index in [1.54, 1.807) is 0 Å². The molecule has 0 bridgehead atoms. The minimum Gasteiger partial charge on any atom is -0.273 e. The van der Waals surface area contributed by atoms with Crippen molar-refractivity contribution in [1.82, 2.24) is 0 Å². The van der Waals surface area contributed by atoms with Gasteiger partial charge in [0.05, 0.1) is 3.91 Å². The van der Waals surface area contributed by atoms with Gasteiger partial charge in [-0.15, -0.1) is 6.42 Å².